The predicted molar refractivity (Wildman–Crippen MR) is 81.7 cm³/mol. The molecule has 3 rings (SSSR count). The summed E-state index contributed by atoms with van der Waals surface area (Å²) in [6, 6.07) is 8.25. The molecule has 3 aromatic rings. The molecule has 126 valence electrons. The van der Waals surface area contributed by atoms with Gasteiger partial charge in [-0.15, -0.1) is 0 Å². The first-order valence-electron chi connectivity index (χ1n) is 7.33. The third-order valence-corrected chi connectivity index (χ3v) is 3.60. The van der Waals surface area contributed by atoms with E-state index in [-0.39, 0.29) is 25.6 Å². The van der Waals surface area contributed by atoms with Crippen molar-refractivity contribution >= 4 is 11.0 Å². The lowest BCUT2D eigenvalue weighted by Crippen LogP contribution is -2.21. The van der Waals surface area contributed by atoms with Gasteiger partial charge in [-0.3, -0.25) is 0 Å². The SMILES string of the molecule is OC(COCc1ccccc1F)Cn1cnc2cc(F)c(F)cc21. The Kier molecular flexibility index (Phi) is 4.82. The van der Waals surface area contributed by atoms with Crippen LogP contribution in [0.1, 0.15) is 5.56 Å². The first kappa shape index (κ1) is 16.5. The highest BCUT2D eigenvalue weighted by molar-refractivity contribution is 5.75. The molecule has 0 aliphatic heterocycles. The molecule has 4 nitrogen and oxygen atoms in total. The van der Waals surface area contributed by atoms with E-state index in [1.165, 1.54) is 17.0 Å². The molecule has 7 heteroatoms. The van der Waals surface area contributed by atoms with Gasteiger partial charge in [0.05, 0.1) is 43.2 Å². The Bertz CT molecular complexity index is 851. The zero-order valence-corrected chi connectivity index (χ0v) is 12.6. The molecule has 0 saturated heterocycles. The van der Waals surface area contributed by atoms with Crippen molar-refractivity contribution in [2.75, 3.05) is 6.61 Å². The van der Waals surface area contributed by atoms with Crippen molar-refractivity contribution in [2.45, 2.75) is 19.3 Å². The van der Waals surface area contributed by atoms with E-state index < -0.39 is 17.7 Å². The van der Waals surface area contributed by atoms with E-state index in [1.54, 1.807) is 18.2 Å². The van der Waals surface area contributed by atoms with Crippen LogP contribution in [0, 0.1) is 17.5 Å². The molecule has 24 heavy (non-hydrogen) atoms. The summed E-state index contributed by atoms with van der Waals surface area (Å²) in [7, 11) is 0. The Labute approximate surface area is 136 Å². The molecule has 0 amide bonds. The second kappa shape index (κ2) is 7.02. The van der Waals surface area contributed by atoms with E-state index in [1.807, 2.05) is 0 Å². The number of aromatic nitrogens is 2. The van der Waals surface area contributed by atoms with Gasteiger partial charge in [-0.1, -0.05) is 18.2 Å². The minimum Gasteiger partial charge on any atom is -0.389 e. The maximum Gasteiger partial charge on any atom is 0.161 e. The third-order valence-electron chi connectivity index (χ3n) is 3.60. The Morgan fingerprint density at radius 1 is 1.08 bits per heavy atom. The zero-order chi connectivity index (χ0) is 17.1. The van der Waals surface area contributed by atoms with E-state index in [0.29, 0.717) is 16.6 Å². The van der Waals surface area contributed by atoms with Crippen LogP contribution in [-0.2, 0) is 17.9 Å². The molecule has 1 unspecified atom stereocenters. The topological polar surface area (TPSA) is 47.3 Å². The molecule has 0 aliphatic carbocycles. The van der Waals surface area contributed by atoms with Crippen LogP contribution in [0.25, 0.3) is 11.0 Å². The van der Waals surface area contributed by atoms with Gasteiger partial charge in [0.2, 0.25) is 0 Å². The van der Waals surface area contributed by atoms with Gasteiger partial charge in [0.15, 0.2) is 11.6 Å². The molecule has 1 N–H and O–H groups in total. The lowest BCUT2D eigenvalue weighted by atomic mass is 10.2. The van der Waals surface area contributed by atoms with E-state index in [4.69, 9.17) is 4.74 Å². The fraction of sp³-hybridized carbons (Fsp3) is 0.235. The number of imidazole rings is 1. The number of aliphatic hydroxyl groups excluding tert-OH is 1. The average molecular weight is 336 g/mol. The summed E-state index contributed by atoms with van der Waals surface area (Å²) in [5.74, 6) is -2.32. The molecule has 0 aliphatic rings. The highest BCUT2D eigenvalue weighted by Crippen LogP contribution is 2.18. The Morgan fingerprint density at radius 2 is 1.83 bits per heavy atom. The summed E-state index contributed by atoms with van der Waals surface area (Å²) in [4.78, 5) is 3.97. The van der Waals surface area contributed by atoms with Crippen LogP contribution in [0.3, 0.4) is 0 Å². The van der Waals surface area contributed by atoms with Crippen LogP contribution < -0.4 is 0 Å². The van der Waals surface area contributed by atoms with Crippen LogP contribution in [0.4, 0.5) is 13.2 Å². The fourth-order valence-corrected chi connectivity index (χ4v) is 2.40. The second-order valence-electron chi connectivity index (χ2n) is 5.41. The summed E-state index contributed by atoms with van der Waals surface area (Å²) in [5.41, 5.74) is 1.07. The summed E-state index contributed by atoms with van der Waals surface area (Å²) < 4.78 is 46.7. The smallest absolute Gasteiger partial charge is 0.161 e. The van der Waals surface area contributed by atoms with Crippen molar-refractivity contribution in [3.8, 4) is 0 Å². The normalized spacial score (nSPS) is 12.7. The maximum absolute atomic E-state index is 13.4. The quantitative estimate of drug-likeness (QED) is 0.753. The van der Waals surface area contributed by atoms with Crippen molar-refractivity contribution in [3.05, 3.63) is 65.7 Å². The van der Waals surface area contributed by atoms with E-state index >= 15 is 0 Å². The number of nitrogens with zero attached hydrogens (tertiary/aromatic N) is 2. The van der Waals surface area contributed by atoms with Gasteiger partial charge in [0, 0.05) is 17.7 Å². The molecule has 1 atom stereocenters. The number of hydrogen-bond acceptors (Lipinski definition) is 3. The minimum atomic E-state index is -0.977. The summed E-state index contributed by atoms with van der Waals surface area (Å²) >= 11 is 0. The van der Waals surface area contributed by atoms with E-state index in [2.05, 4.69) is 4.98 Å². The van der Waals surface area contributed by atoms with Crippen molar-refractivity contribution in [3.63, 3.8) is 0 Å². The highest BCUT2D eigenvalue weighted by atomic mass is 19.2. The first-order valence-corrected chi connectivity index (χ1v) is 7.33. The van der Waals surface area contributed by atoms with Crippen LogP contribution in [0.15, 0.2) is 42.7 Å². The monoisotopic (exact) mass is 336 g/mol. The Hall–Kier alpha value is -2.38. The van der Waals surface area contributed by atoms with E-state index in [0.717, 1.165) is 12.1 Å². The minimum absolute atomic E-state index is 0.0301. The average Bonchev–Trinajstić information content (AvgIpc) is 2.92. The number of benzene rings is 2. The lowest BCUT2D eigenvalue weighted by Gasteiger charge is -2.13. The number of rotatable bonds is 6. The van der Waals surface area contributed by atoms with Gasteiger partial charge in [-0.05, 0) is 6.07 Å². The summed E-state index contributed by atoms with van der Waals surface area (Å²) in [6.07, 6.45) is 0.492. The zero-order valence-electron chi connectivity index (χ0n) is 12.6. The number of fused-ring (bicyclic) bond motifs is 1. The Balaban J connectivity index is 1.60. The molecule has 2 aromatic carbocycles. The van der Waals surface area contributed by atoms with Crippen molar-refractivity contribution in [1.29, 1.82) is 0 Å². The third kappa shape index (κ3) is 3.58. The van der Waals surface area contributed by atoms with E-state index in [9.17, 15) is 18.3 Å². The van der Waals surface area contributed by atoms with Gasteiger partial charge < -0.3 is 14.4 Å². The lowest BCUT2D eigenvalue weighted by molar-refractivity contribution is 0.0199. The summed E-state index contributed by atoms with van der Waals surface area (Å²) in [6.45, 7) is 0.102. The standard InChI is InChI=1S/C17H15F3N2O2/c18-13-4-2-1-3-11(13)8-24-9-12(23)7-22-10-21-16-5-14(19)15(20)6-17(16)22/h1-6,10,12,23H,7-9H2. The Morgan fingerprint density at radius 3 is 2.62 bits per heavy atom. The maximum atomic E-state index is 13.4. The van der Waals surface area contributed by atoms with Gasteiger partial charge in [-0.2, -0.15) is 0 Å². The number of hydrogen-bond donors (Lipinski definition) is 1. The fourth-order valence-electron chi connectivity index (χ4n) is 2.40. The molecule has 0 fully saturated rings. The highest BCUT2D eigenvalue weighted by Gasteiger charge is 2.12. The van der Waals surface area contributed by atoms with Crippen molar-refractivity contribution in [1.82, 2.24) is 9.55 Å². The molecule has 0 radical (unpaired) electrons. The van der Waals surface area contributed by atoms with Gasteiger partial charge in [0.25, 0.3) is 0 Å². The van der Waals surface area contributed by atoms with Crippen molar-refractivity contribution < 1.29 is 23.0 Å². The number of ether oxygens (including phenoxy) is 1. The number of halogens is 3. The summed E-state index contributed by atoms with van der Waals surface area (Å²) in [5, 5.41) is 10.0. The molecule has 1 heterocycles. The predicted octanol–water partition coefficient (Wildman–Crippen LogP) is 3.03. The molecular formula is C17H15F3N2O2. The van der Waals surface area contributed by atoms with Crippen LogP contribution in [0.2, 0.25) is 0 Å². The molecule has 0 spiro atoms. The van der Waals surface area contributed by atoms with Crippen LogP contribution in [0.5, 0.6) is 0 Å². The molecule has 1 aromatic heterocycles. The van der Waals surface area contributed by atoms with Crippen molar-refractivity contribution in [2.24, 2.45) is 0 Å². The molecule has 0 bridgehead atoms. The van der Waals surface area contributed by atoms with Gasteiger partial charge >= 0.3 is 0 Å². The molecule has 0 saturated carbocycles. The van der Waals surface area contributed by atoms with Gasteiger partial charge in [-0.25, -0.2) is 18.2 Å². The molecular weight excluding hydrogens is 321 g/mol. The number of aliphatic hydroxyl groups is 1. The van der Waals surface area contributed by atoms with Crippen LogP contribution in [-0.4, -0.2) is 27.4 Å². The van der Waals surface area contributed by atoms with Gasteiger partial charge in [0.1, 0.15) is 5.82 Å². The largest absolute Gasteiger partial charge is 0.389 e. The second-order valence-corrected chi connectivity index (χ2v) is 5.41. The van der Waals surface area contributed by atoms with Crippen LogP contribution >= 0.6 is 0 Å². The first-order chi connectivity index (χ1) is 11.5.